The van der Waals surface area contributed by atoms with Crippen molar-refractivity contribution in [3.05, 3.63) is 29.6 Å². The van der Waals surface area contributed by atoms with Crippen molar-refractivity contribution in [1.82, 2.24) is 0 Å². The molecule has 0 radical (unpaired) electrons. The number of anilines is 1. The number of hydrogen-bond acceptors (Lipinski definition) is 2. The van der Waals surface area contributed by atoms with E-state index in [1.165, 1.54) is 6.92 Å². The lowest BCUT2D eigenvalue weighted by molar-refractivity contribution is -0.124. The monoisotopic (exact) mass is 231 g/mol. The molecule has 86 valence electrons. The third-order valence-electron chi connectivity index (χ3n) is 1.72. The first-order valence-electron chi connectivity index (χ1n) is 4.34. The van der Waals surface area contributed by atoms with Crippen LogP contribution >= 0.6 is 0 Å². The first-order valence-corrected chi connectivity index (χ1v) is 4.34. The maximum atomic E-state index is 13.0. The Balaban J connectivity index is 2.86. The van der Waals surface area contributed by atoms with Crippen LogP contribution < -0.4 is 5.32 Å². The predicted molar refractivity (Wildman–Crippen MR) is 50.2 cm³/mol. The van der Waals surface area contributed by atoms with E-state index in [1.54, 1.807) is 0 Å². The van der Waals surface area contributed by atoms with Crippen LogP contribution in [0.2, 0.25) is 0 Å². The molecule has 1 aromatic carbocycles. The van der Waals surface area contributed by atoms with Crippen LogP contribution in [0, 0.1) is 17.5 Å². The standard InChI is InChI=1S/C10H8F3NO2/c1-5(15)4-8(16)14-7-3-2-6(11)9(12)10(7)13/h2-3H,4H2,1H3,(H,14,16). The molecule has 0 aliphatic rings. The number of rotatable bonds is 3. The average molecular weight is 231 g/mol. The molecule has 1 rings (SSSR count). The van der Waals surface area contributed by atoms with E-state index < -0.39 is 41.3 Å². The summed E-state index contributed by atoms with van der Waals surface area (Å²) < 4.78 is 38.3. The largest absolute Gasteiger partial charge is 0.323 e. The fourth-order valence-corrected chi connectivity index (χ4v) is 1.04. The summed E-state index contributed by atoms with van der Waals surface area (Å²) in [6, 6.07) is 1.56. The fourth-order valence-electron chi connectivity index (χ4n) is 1.04. The summed E-state index contributed by atoms with van der Waals surface area (Å²) in [7, 11) is 0. The SMILES string of the molecule is CC(=O)CC(=O)Nc1ccc(F)c(F)c1F. The molecule has 0 saturated carbocycles. The van der Waals surface area contributed by atoms with Gasteiger partial charge < -0.3 is 5.32 Å². The van der Waals surface area contributed by atoms with Gasteiger partial charge in [-0.15, -0.1) is 0 Å². The predicted octanol–water partition coefficient (Wildman–Crippen LogP) is 2.02. The van der Waals surface area contributed by atoms with Gasteiger partial charge in [0.2, 0.25) is 5.91 Å². The highest BCUT2D eigenvalue weighted by Gasteiger charge is 2.15. The minimum Gasteiger partial charge on any atom is -0.323 e. The number of hydrogen-bond donors (Lipinski definition) is 1. The Bertz CT molecular complexity index is 446. The second-order valence-corrected chi connectivity index (χ2v) is 3.15. The van der Waals surface area contributed by atoms with Gasteiger partial charge in [-0.25, -0.2) is 13.2 Å². The summed E-state index contributed by atoms with van der Waals surface area (Å²) in [6.07, 6.45) is -0.446. The first kappa shape index (κ1) is 12.2. The van der Waals surface area contributed by atoms with E-state index in [-0.39, 0.29) is 0 Å². The minimum atomic E-state index is -1.67. The Kier molecular flexibility index (Phi) is 3.65. The highest BCUT2D eigenvalue weighted by Crippen LogP contribution is 2.19. The lowest BCUT2D eigenvalue weighted by Crippen LogP contribution is -2.16. The van der Waals surface area contributed by atoms with E-state index in [2.05, 4.69) is 0 Å². The highest BCUT2D eigenvalue weighted by molar-refractivity contribution is 6.03. The van der Waals surface area contributed by atoms with Crippen LogP contribution in [0.4, 0.5) is 18.9 Å². The van der Waals surface area contributed by atoms with E-state index in [9.17, 15) is 22.8 Å². The number of amides is 1. The van der Waals surface area contributed by atoms with Crippen LogP contribution in [0.1, 0.15) is 13.3 Å². The van der Waals surface area contributed by atoms with Gasteiger partial charge in [0.25, 0.3) is 0 Å². The van der Waals surface area contributed by atoms with Gasteiger partial charge in [-0.05, 0) is 19.1 Å². The Morgan fingerprint density at radius 2 is 1.81 bits per heavy atom. The summed E-state index contributed by atoms with van der Waals surface area (Å²) in [5, 5.41) is 1.97. The number of halogens is 3. The number of Topliss-reactive ketones (excluding diaryl/α,β-unsaturated/α-hetero) is 1. The highest BCUT2D eigenvalue weighted by atomic mass is 19.2. The van der Waals surface area contributed by atoms with Crippen molar-refractivity contribution in [3.8, 4) is 0 Å². The quantitative estimate of drug-likeness (QED) is 0.639. The van der Waals surface area contributed by atoms with Gasteiger partial charge in [-0.2, -0.15) is 0 Å². The van der Waals surface area contributed by atoms with E-state index in [0.717, 1.165) is 6.07 Å². The van der Waals surface area contributed by atoms with Crippen molar-refractivity contribution in [2.45, 2.75) is 13.3 Å². The zero-order valence-corrected chi connectivity index (χ0v) is 8.31. The van der Waals surface area contributed by atoms with Gasteiger partial charge >= 0.3 is 0 Å². The number of ketones is 1. The van der Waals surface area contributed by atoms with Crippen molar-refractivity contribution in [1.29, 1.82) is 0 Å². The zero-order chi connectivity index (χ0) is 12.3. The molecule has 0 atom stereocenters. The van der Waals surface area contributed by atoms with Crippen molar-refractivity contribution in [3.63, 3.8) is 0 Å². The lowest BCUT2D eigenvalue weighted by atomic mass is 10.2. The minimum absolute atomic E-state index is 0.416. The summed E-state index contributed by atoms with van der Waals surface area (Å²) in [5.41, 5.74) is -0.495. The number of carbonyl (C=O) groups is 2. The smallest absolute Gasteiger partial charge is 0.231 e. The van der Waals surface area contributed by atoms with Gasteiger partial charge in [-0.3, -0.25) is 9.59 Å². The Morgan fingerprint density at radius 3 is 2.38 bits per heavy atom. The van der Waals surface area contributed by atoms with E-state index in [4.69, 9.17) is 0 Å². The van der Waals surface area contributed by atoms with Gasteiger partial charge in [0.1, 0.15) is 5.78 Å². The molecule has 0 bridgehead atoms. The third kappa shape index (κ3) is 2.82. The van der Waals surface area contributed by atoms with Gasteiger partial charge in [0.15, 0.2) is 17.5 Å². The van der Waals surface area contributed by atoms with E-state index in [0.29, 0.717) is 6.07 Å². The molecule has 0 saturated heterocycles. The topological polar surface area (TPSA) is 46.2 Å². The molecule has 16 heavy (non-hydrogen) atoms. The molecule has 1 aromatic rings. The molecule has 0 unspecified atom stereocenters. The molecule has 0 aliphatic carbocycles. The molecule has 6 heteroatoms. The number of carbonyl (C=O) groups excluding carboxylic acids is 2. The molecule has 0 heterocycles. The molecule has 3 nitrogen and oxygen atoms in total. The van der Waals surface area contributed by atoms with Crippen LogP contribution in [0.15, 0.2) is 12.1 Å². The summed E-state index contributed by atoms with van der Waals surface area (Å²) in [5.74, 6) is -5.70. The Labute approximate surface area is 89.3 Å². The zero-order valence-electron chi connectivity index (χ0n) is 8.31. The third-order valence-corrected chi connectivity index (χ3v) is 1.72. The normalized spacial score (nSPS) is 10.0. The molecule has 0 aliphatic heterocycles. The molecule has 0 fully saturated rings. The molecular formula is C10H8F3NO2. The Hall–Kier alpha value is -1.85. The van der Waals surface area contributed by atoms with Crippen molar-refractivity contribution in [2.24, 2.45) is 0 Å². The van der Waals surface area contributed by atoms with Crippen LogP contribution in [0.25, 0.3) is 0 Å². The second-order valence-electron chi connectivity index (χ2n) is 3.15. The number of nitrogens with one attached hydrogen (secondary N) is 1. The van der Waals surface area contributed by atoms with Gasteiger partial charge in [-0.1, -0.05) is 0 Å². The Morgan fingerprint density at radius 1 is 1.19 bits per heavy atom. The van der Waals surface area contributed by atoms with E-state index >= 15 is 0 Å². The van der Waals surface area contributed by atoms with Crippen molar-refractivity contribution in [2.75, 3.05) is 5.32 Å². The molecule has 1 N–H and O–H groups in total. The first-order chi connectivity index (χ1) is 7.41. The van der Waals surface area contributed by atoms with Crippen molar-refractivity contribution >= 4 is 17.4 Å². The number of benzene rings is 1. The van der Waals surface area contributed by atoms with Crippen molar-refractivity contribution < 1.29 is 22.8 Å². The maximum absolute atomic E-state index is 13.0. The van der Waals surface area contributed by atoms with Crippen LogP contribution in [0.5, 0.6) is 0 Å². The fraction of sp³-hybridized carbons (Fsp3) is 0.200. The molecule has 0 aromatic heterocycles. The molecule has 1 amide bonds. The van der Waals surface area contributed by atoms with Gasteiger partial charge in [0, 0.05) is 0 Å². The summed E-state index contributed by atoms with van der Waals surface area (Å²) in [4.78, 5) is 21.6. The van der Waals surface area contributed by atoms with Crippen LogP contribution in [-0.4, -0.2) is 11.7 Å². The summed E-state index contributed by atoms with van der Waals surface area (Å²) in [6.45, 7) is 1.18. The maximum Gasteiger partial charge on any atom is 0.231 e. The molecular weight excluding hydrogens is 223 g/mol. The molecule has 0 spiro atoms. The van der Waals surface area contributed by atoms with Crippen LogP contribution in [0.3, 0.4) is 0 Å². The summed E-state index contributed by atoms with van der Waals surface area (Å²) >= 11 is 0. The van der Waals surface area contributed by atoms with Crippen LogP contribution in [-0.2, 0) is 9.59 Å². The lowest BCUT2D eigenvalue weighted by Gasteiger charge is -2.05. The average Bonchev–Trinajstić information content (AvgIpc) is 2.18. The second kappa shape index (κ2) is 4.78. The van der Waals surface area contributed by atoms with Gasteiger partial charge in [0.05, 0.1) is 12.1 Å². The van der Waals surface area contributed by atoms with E-state index in [1.807, 2.05) is 5.32 Å².